The Labute approximate surface area is 236 Å². The Bertz CT molecular complexity index is 1310. The van der Waals surface area contributed by atoms with Crippen molar-refractivity contribution in [3.8, 4) is 0 Å². The first-order valence-electron chi connectivity index (χ1n) is 13.8. The summed E-state index contributed by atoms with van der Waals surface area (Å²) in [6.07, 6.45) is 8.86. The maximum atomic E-state index is 13.6. The van der Waals surface area contributed by atoms with Crippen molar-refractivity contribution in [1.29, 1.82) is 0 Å². The highest BCUT2D eigenvalue weighted by molar-refractivity contribution is 7.92. The van der Waals surface area contributed by atoms with E-state index >= 15 is 0 Å². The molecule has 4 fully saturated rings. The second kappa shape index (κ2) is 10.8. The van der Waals surface area contributed by atoms with Crippen molar-refractivity contribution < 1.29 is 18.0 Å². The highest BCUT2D eigenvalue weighted by Gasteiger charge is 2.51. The molecule has 4 aliphatic carbocycles. The van der Waals surface area contributed by atoms with Crippen LogP contribution in [-0.4, -0.2) is 51.0 Å². The number of nitrogens with zero attached hydrogens (tertiary/aromatic N) is 2. The van der Waals surface area contributed by atoms with Crippen LogP contribution < -0.4 is 9.62 Å². The highest BCUT2D eigenvalue weighted by atomic mass is 35.5. The summed E-state index contributed by atoms with van der Waals surface area (Å²) in [5.74, 6) is 1.61. The van der Waals surface area contributed by atoms with Crippen LogP contribution in [0.3, 0.4) is 0 Å². The molecule has 0 aromatic heterocycles. The van der Waals surface area contributed by atoms with Gasteiger partial charge in [0.1, 0.15) is 12.6 Å². The molecule has 2 amide bonds. The van der Waals surface area contributed by atoms with E-state index in [-0.39, 0.29) is 17.9 Å². The number of likely N-dealkylation sites (N-methyl/N-ethyl adjacent to an activating group) is 1. The first-order chi connectivity index (χ1) is 18.5. The molecule has 4 aliphatic rings. The maximum Gasteiger partial charge on any atom is 0.244 e. The van der Waals surface area contributed by atoms with Crippen LogP contribution >= 0.6 is 11.6 Å². The highest BCUT2D eigenvalue weighted by Crippen LogP contribution is 2.60. The summed E-state index contributed by atoms with van der Waals surface area (Å²) in [5, 5.41) is 3.05. The fourth-order valence-corrected chi connectivity index (χ4v) is 8.71. The average Bonchev–Trinajstić information content (AvgIpc) is 2.89. The quantitative estimate of drug-likeness (QED) is 0.471. The number of carbonyl (C=O) groups is 2. The topological polar surface area (TPSA) is 86.8 Å². The summed E-state index contributed by atoms with van der Waals surface area (Å²) in [6, 6.07) is 14.1. The predicted molar refractivity (Wildman–Crippen MR) is 154 cm³/mol. The second-order valence-electron chi connectivity index (χ2n) is 11.9. The van der Waals surface area contributed by atoms with Gasteiger partial charge in [0.25, 0.3) is 0 Å². The molecule has 4 saturated carbocycles. The summed E-state index contributed by atoms with van der Waals surface area (Å²) in [4.78, 5) is 27.5. The van der Waals surface area contributed by atoms with Crippen molar-refractivity contribution in [3.63, 3.8) is 0 Å². The SMILES string of the molecule is CNC(=O)C(C)N(Cc1ccccc1Cl)C(=O)CN(c1ccc(C23CC4CC(CC(C4)C2)C3)cc1)S(C)(=O)=O. The van der Waals surface area contributed by atoms with Crippen molar-refractivity contribution in [2.45, 2.75) is 63.5 Å². The third kappa shape index (κ3) is 5.68. The van der Waals surface area contributed by atoms with Gasteiger partial charge in [-0.1, -0.05) is 41.9 Å². The number of rotatable bonds is 9. The minimum absolute atomic E-state index is 0.0790. The molecule has 2 aromatic carbocycles. The molecule has 210 valence electrons. The summed E-state index contributed by atoms with van der Waals surface area (Å²) in [7, 11) is -2.27. The number of anilines is 1. The van der Waals surface area contributed by atoms with Gasteiger partial charge in [-0.2, -0.15) is 0 Å². The van der Waals surface area contributed by atoms with Crippen molar-refractivity contribution in [1.82, 2.24) is 10.2 Å². The fraction of sp³-hybridized carbons (Fsp3) is 0.533. The molecule has 0 aliphatic heterocycles. The lowest BCUT2D eigenvalue weighted by atomic mass is 9.48. The van der Waals surface area contributed by atoms with Crippen LogP contribution in [0.15, 0.2) is 48.5 Å². The lowest BCUT2D eigenvalue weighted by Crippen LogP contribution is -2.50. The minimum atomic E-state index is -3.78. The molecule has 0 heterocycles. The first-order valence-corrected chi connectivity index (χ1v) is 16.0. The lowest BCUT2D eigenvalue weighted by molar-refractivity contribution is -0.139. The number of carbonyl (C=O) groups excluding carboxylic acids is 2. The van der Waals surface area contributed by atoms with Crippen molar-refractivity contribution in [2.24, 2.45) is 17.8 Å². The van der Waals surface area contributed by atoms with Gasteiger partial charge >= 0.3 is 0 Å². The average molecular weight is 572 g/mol. The molecule has 1 unspecified atom stereocenters. The Morgan fingerprint density at radius 3 is 2.08 bits per heavy atom. The van der Waals surface area contributed by atoms with E-state index < -0.39 is 28.5 Å². The van der Waals surface area contributed by atoms with E-state index in [1.807, 2.05) is 18.2 Å². The molecule has 4 bridgehead atoms. The van der Waals surface area contributed by atoms with Crippen LogP contribution in [0.2, 0.25) is 5.02 Å². The molecule has 9 heteroatoms. The van der Waals surface area contributed by atoms with Crippen LogP contribution in [-0.2, 0) is 31.6 Å². The van der Waals surface area contributed by atoms with Gasteiger partial charge in [0.2, 0.25) is 21.8 Å². The zero-order valence-corrected chi connectivity index (χ0v) is 24.5. The van der Waals surface area contributed by atoms with E-state index in [0.29, 0.717) is 16.3 Å². The second-order valence-corrected chi connectivity index (χ2v) is 14.2. The van der Waals surface area contributed by atoms with Gasteiger partial charge in [0, 0.05) is 18.6 Å². The number of hydrogen-bond acceptors (Lipinski definition) is 4. The number of hydrogen-bond donors (Lipinski definition) is 1. The molecular weight excluding hydrogens is 534 g/mol. The summed E-state index contributed by atoms with van der Waals surface area (Å²) >= 11 is 6.35. The van der Waals surface area contributed by atoms with Gasteiger partial charge < -0.3 is 10.2 Å². The van der Waals surface area contributed by atoms with Crippen LogP contribution in [0, 0.1) is 17.8 Å². The Hall–Kier alpha value is -2.58. The van der Waals surface area contributed by atoms with Crippen molar-refractivity contribution in [2.75, 3.05) is 24.2 Å². The summed E-state index contributed by atoms with van der Waals surface area (Å²) in [6.45, 7) is 1.29. The van der Waals surface area contributed by atoms with E-state index in [1.54, 1.807) is 25.1 Å². The van der Waals surface area contributed by atoms with E-state index in [4.69, 9.17) is 11.6 Å². The predicted octanol–water partition coefficient (Wildman–Crippen LogP) is 4.74. The zero-order valence-electron chi connectivity index (χ0n) is 22.9. The molecule has 0 saturated heterocycles. The Kier molecular flexibility index (Phi) is 7.72. The van der Waals surface area contributed by atoms with Gasteiger partial charge in [-0.05, 0) is 97.9 Å². The number of benzene rings is 2. The summed E-state index contributed by atoms with van der Waals surface area (Å²) < 4.78 is 27.0. The van der Waals surface area contributed by atoms with Gasteiger partial charge in [0.15, 0.2) is 0 Å². The van der Waals surface area contributed by atoms with Crippen LogP contribution in [0.1, 0.15) is 56.6 Å². The molecule has 7 nitrogen and oxygen atoms in total. The summed E-state index contributed by atoms with van der Waals surface area (Å²) in [5.41, 5.74) is 2.62. The Morgan fingerprint density at radius 2 is 1.56 bits per heavy atom. The molecular formula is C30H38ClN3O4S. The first kappa shape index (κ1) is 28.0. The largest absolute Gasteiger partial charge is 0.357 e. The standard InChI is InChI=1S/C30H38ClN3O4S/c1-20(29(36)32-2)33(18-24-6-4-5-7-27(24)31)28(35)19-34(39(3,37)38)26-10-8-25(9-11-26)30-15-21-12-22(16-30)14-23(13-21)17-30/h4-11,20-23H,12-19H2,1-3H3,(H,32,36). The van der Waals surface area contributed by atoms with E-state index in [0.717, 1.165) is 28.3 Å². The van der Waals surface area contributed by atoms with Gasteiger partial charge in [-0.15, -0.1) is 0 Å². The van der Waals surface area contributed by atoms with Crippen LogP contribution in [0.5, 0.6) is 0 Å². The maximum absolute atomic E-state index is 13.6. The molecule has 0 radical (unpaired) electrons. The number of nitrogens with one attached hydrogen (secondary N) is 1. The molecule has 39 heavy (non-hydrogen) atoms. The number of amides is 2. The van der Waals surface area contributed by atoms with Gasteiger partial charge in [-0.3, -0.25) is 13.9 Å². The molecule has 6 rings (SSSR count). The lowest BCUT2D eigenvalue weighted by Gasteiger charge is -2.57. The number of sulfonamides is 1. The number of halogens is 1. The zero-order chi connectivity index (χ0) is 27.9. The Balaban J connectivity index is 1.39. The Morgan fingerprint density at radius 1 is 1.00 bits per heavy atom. The normalized spacial score (nSPS) is 26.2. The van der Waals surface area contributed by atoms with Crippen LogP contribution in [0.4, 0.5) is 5.69 Å². The third-order valence-corrected chi connectivity index (χ3v) is 10.7. The monoisotopic (exact) mass is 571 g/mol. The van der Waals surface area contributed by atoms with Crippen LogP contribution in [0.25, 0.3) is 0 Å². The molecule has 0 spiro atoms. The van der Waals surface area contributed by atoms with Gasteiger partial charge in [-0.25, -0.2) is 8.42 Å². The van der Waals surface area contributed by atoms with Crippen molar-refractivity contribution >= 4 is 39.1 Å². The third-order valence-electron chi connectivity index (χ3n) is 9.20. The van der Waals surface area contributed by atoms with Crippen molar-refractivity contribution in [3.05, 3.63) is 64.7 Å². The molecule has 1 N–H and O–H groups in total. The van der Waals surface area contributed by atoms with E-state index in [2.05, 4.69) is 17.4 Å². The minimum Gasteiger partial charge on any atom is -0.357 e. The van der Waals surface area contributed by atoms with Gasteiger partial charge in [0.05, 0.1) is 11.9 Å². The molecule has 2 aromatic rings. The fourth-order valence-electron chi connectivity index (χ4n) is 7.66. The smallest absolute Gasteiger partial charge is 0.244 e. The van der Waals surface area contributed by atoms with E-state index in [9.17, 15) is 18.0 Å². The van der Waals surface area contributed by atoms with E-state index in [1.165, 1.54) is 56.0 Å². The molecule has 1 atom stereocenters.